The van der Waals surface area contributed by atoms with Crippen molar-refractivity contribution < 1.29 is 22.7 Å². The zero-order chi connectivity index (χ0) is 29.0. The number of aromatic nitrogens is 2. The van der Waals surface area contributed by atoms with Gasteiger partial charge in [-0.3, -0.25) is 14.4 Å². The maximum absolute atomic E-state index is 13.5. The van der Waals surface area contributed by atoms with Crippen LogP contribution >= 0.6 is 11.6 Å². The highest BCUT2D eigenvalue weighted by atomic mass is 35.5. The minimum atomic E-state index is -3.91. The molecule has 12 heteroatoms. The molecule has 1 amide bonds. The van der Waals surface area contributed by atoms with Crippen LogP contribution in [0.5, 0.6) is 5.88 Å². The first-order valence-electron chi connectivity index (χ1n) is 11.9. The first-order valence-corrected chi connectivity index (χ1v) is 13.9. The third-order valence-corrected chi connectivity index (χ3v) is 7.25. The SMILES string of the molecule is COc1nn(C(Cc2ccccc2)C(=O)Nc2ccc(S(N)(=O)=O)cc2)c(=O)cc1-c1cc(Cl)ccc1C(C)=O. The summed E-state index contributed by atoms with van der Waals surface area (Å²) in [5.41, 5.74) is 1.37. The fourth-order valence-electron chi connectivity index (χ4n) is 4.15. The van der Waals surface area contributed by atoms with E-state index in [1.165, 1.54) is 44.4 Å². The number of halogens is 1. The number of benzene rings is 3. The number of nitrogens with zero attached hydrogens (tertiary/aromatic N) is 2. The van der Waals surface area contributed by atoms with E-state index in [0.29, 0.717) is 16.1 Å². The van der Waals surface area contributed by atoms with Crippen LogP contribution < -0.4 is 20.8 Å². The molecule has 206 valence electrons. The van der Waals surface area contributed by atoms with Crippen LogP contribution in [0.1, 0.15) is 28.9 Å². The van der Waals surface area contributed by atoms with Crippen LogP contribution in [0.2, 0.25) is 5.02 Å². The topological polar surface area (TPSA) is 150 Å². The maximum atomic E-state index is 13.5. The molecule has 1 unspecified atom stereocenters. The summed E-state index contributed by atoms with van der Waals surface area (Å²) in [5, 5.41) is 12.6. The normalized spacial score (nSPS) is 12.0. The Bertz CT molecular complexity index is 1740. The first-order chi connectivity index (χ1) is 19.0. The van der Waals surface area contributed by atoms with E-state index in [4.69, 9.17) is 21.5 Å². The number of rotatable bonds is 9. The smallest absolute Gasteiger partial charge is 0.268 e. The molecule has 10 nitrogen and oxygen atoms in total. The summed E-state index contributed by atoms with van der Waals surface area (Å²) in [4.78, 5) is 39.2. The fourth-order valence-corrected chi connectivity index (χ4v) is 4.83. The number of sulfonamides is 1. The van der Waals surface area contributed by atoms with Crippen LogP contribution in [0.15, 0.2) is 88.6 Å². The lowest BCUT2D eigenvalue weighted by Crippen LogP contribution is -2.36. The number of hydrogen-bond acceptors (Lipinski definition) is 7. The van der Waals surface area contributed by atoms with Gasteiger partial charge in [-0.1, -0.05) is 41.9 Å². The quantitative estimate of drug-likeness (QED) is 0.285. The van der Waals surface area contributed by atoms with Crippen LogP contribution in [0.4, 0.5) is 5.69 Å². The van der Waals surface area contributed by atoms with Crippen molar-refractivity contribution in [2.75, 3.05) is 12.4 Å². The Morgan fingerprint density at radius 2 is 1.70 bits per heavy atom. The molecule has 4 rings (SSSR count). The zero-order valence-corrected chi connectivity index (χ0v) is 23.1. The van der Waals surface area contributed by atoms with E-state index < -0.39 is 27.5 Å². The van der Waals surface area contributed by atoms with Gasteiger partial charge in [-0.2, -0.15) is 0 Å². The number of ketones is 1. The van der Waals surface area contributed by atoms with Crippen LogP contribution in [0.25, 0.3) is 11.1 Å². The lowest BCUT2D eigenvalue weighted by Gasteiger charge is -2.20. The van der Waals surface area contributed by atoms with Gasteiger partial charge in [0.25, 0.3) is 5.56 Å². The molecule has 1 heterocycles. The van der Waals surface area contributed by atoms with Crippen molar-refractivity contribution in [3.8, 4) is 17.0 Å². The van der Waals surface area contributed by atoms with E-state index in [1.807, 2.05) is 18.2 Å². The number of nitrogens with one attached hydrogen (secondary N) is 1. The number of primary sulfonamides is 1. The first kappa shape index (κ1) is 28.7. The zero-order valence-electron chi connectivity index (χ0n) is 21.5. The van der Waals surface area contributed by atoms with E-state index >= 15 is 0 Å². The highest BCUT2D eigenvalue weighted by Crippen LogP contribution is 2.32. The molecule has 1 atom stereocenters. The van der Waals surface area contributed by atoms with E-state index in [9.17, 15) is 22.8 Å². The largest absolute Gasteiger partial charge is 0.480 e. The third kappa shape index (κ3) is 6.45. The van der Waals surface area contributed by atoms with Crippen LogP contribution in [0.3, 0.4) is 0 Å². The fraction of sp³-hybridized carbons (Fsp3) is 0.143. The van der Waals surface area contributed by atoms with E-state index in [0.717, 1.165) is 10.2 Å². The molecule has 0 radical (unpaired) electrons. The molecule has 4 aromatic rings. The van der Waals surface area contributed by atoms with Crippen molar-refractivity contribution in [1.82, 2.24) is 9.78 Å². The van der Waals surface area contributed by atoms with Gasteiger partial charge >= 0.3 is 0 Å². The lowest BCUT2D eigenvalue weighted by atomic mass is 9.98. The molecule has 0 spiro atoms. The van der Waals surface area contributed by atoms with Crippen LogP contribution in [0, 0.1) is 0 Å². The van der Waals surface area contributed by atoms with Crippen molar-refractivity contribution in [1.29, 1.82) is 0 Å². The van der Waals surface area contributed by atoms with Gasteiger partial charge in [-0.15, -0.1) is 5.10 Å². The summed E-state index contributed by atoms with van der Waals surface area (Å²) in [7, 11) is -2.55. The number of carbonyl (C=O) groups is 2. The monoisotopic (exact) mass is 580 g/mol. The molecule has 0 aliphatic carbocycles. The molecular weight excluding hydrogens is 556 g/mol. The Balaban J connectivity index is 1.79. The molecule has 0 aliphatic heterocycles. The van der Waals surface area contributed by atoms with Gasteiger partial charge in [0.05, 0.1) is 17.6 Å². The highest BCUT2D eigenvalue weighted by molar-refractivity contribution is 7.89. The maximum Gasteiger partial charge on any atom is 0.268 e. The average molecular weight is 581 g/mol. The van der Waals surface area contributed by atoms with Crippen molar-refractivity contribution in [3.63, 3.8) is 0 Å². The molecule has 0 bridgehead atoms. The summed E-state index contributed by atoms with van der Waals surface area (Å²) >= 11 is 6.18. The van der Waals surface area contributed by atoms with Crippen molar-refractivity contribution in [2.24, 2.45) is 5.14 Å². The van der Waals surface area contributed by atoms with E-state index in [2.05, 4.69) is 10.4 Å². The summed E-state index contributed by atoms with van der Waals surface area (Å²) in [6.07, 6.45) is 0.104. The number of carbonyl (C=O) groups excluding carboxylic acids is 2. The van der Waals surface area contributed by atoms with Crippen LogP contribution in [-0.2, 0) is 21.2 Å². The molecule has 0 saturated heterocycles. The second kappa shape index (κ2) is 11.8. The van der Waals surface area contributed by atoms with Gasteiger partial charge in [0, 0.05) is 28.8 Å². The van der Waals surface area contributed by atoms with Crippen molar-refractivity contribution in [2.45, 2.75) is 24.3 Å². The average Bonchev–Trinajstić information content (AvgIpc) is 2.92. The summed E-state index contributed by atoms with van der Waals surface area (Å²) < 4.78 is 29.7. The van der Waals surface area contributed by atoms with Gasteiger partial charge in [0.2, 0.25) is 21.8 Å². The minimum Gasteiger partial charge on any atom is -0.480 e. The summed E-state index contributed by atoms with van der Waals surface area (Å²) in [6, 6.07) is 19.1. The summed E-state index contributed by atoms with van der Waals surface area (Å²) in [5.74, 6) is -0.816. The molecular formula is C28H25ClN4O6S. The van der Waals surface area contributed by atoms with Crippen molar-refractivity contribution in [3.05, 3.63) is 105 Å². The number of Topliss-reactive ketones (excluding diaryl/α,β-unsaturated/α-hetero) is 1. The second-order valence-electron chi connectivity index (χ2n) is 8.86. The Kier molecular flexibility index (Phi) is 8.48. The van der Waals surface area contributed by atoms with Crippen molar-refractivity contribution >= 4 is 39.0 Å². The number of methoxy groups -OCH3 is 1. The second-order valence-corrected chi connectivity index (χ2v) is 10.9. The molecule has 0 aliphatic rings. The lowest BCUT2D eigenvalue weighted by molar-refractivity contribution is -0.119. The Labute approximate surface area is 235 Å². The summed E-state index contributed by atoms with van der Waals surface area (Å²) in [6.45, 7) is 1.39. The Morgan fingerprint density at radius 3 is 2.30 bits per heavy atom. The third-order valence-electron chi connectivity index (χ3n) is 6.09. The predicted molar refractivity (Wildman–Crippen MR) is 151 cm³/mol. The molecule has 0 fully saturated rings. The Morgan fingerprint density at radius 1 is 1.02 bits per heavy atom. The Hall–Kier alpha value is -4.32. The standard InChI is InChI=1S/C28H25ClN4O6S/c1-17(34)22-13-8-19(29)15-23(22)24-16-26(35)33(32-28(24)39-2)25(14-18-6-4-3-5-7-18)27(36)31-20-9-11-21(12-10-20)40(30,37)38/h3-13,15-16,25H,14H2,1-2H3,(H,31,36)(H2,30,37,38). The van der Waals surface area contributed by atoms with Gasteiger partial charge in [0.15, 0.2) is 5.78 Å². The highest BCUT2D eigenvalue weighted by Gasteiger charge is 2.26. The van der Waals surface area contributed by atoms with Gasteiger partial charge in [-0.25, -0.2) is 18.2 Å². The van der Waals surface area contributed by atoms with E-state index in [1.54, 1.807) is 30.3 Å². The molecule has 3 N–H and O–H groups in total. The van der Waals surface area contributed by atoms with Gasteiger partial charge in [-0.05, 0) is 60.5 Å². The molecule has 0 saturated carbocycles. The number of ether oxygens (including phenoxy) is 1. The van der Waals surface area contributed by atoms with Crippen LogP contribution in [-0.4, -0.2) is 37.0 Å². The van der Waals surface area contributed by atoms with Gasteiger partial charge < -0.3 is 10.1 Å². The van der Waals surface area contributed by atoms with E-state index in [-0.39, 0.29) is 34.2 Å². The predicted octanol–water partition coefficient (Wildman–Crippen LogP) is 3.84. The van der Waals surface area contributed by atoms with Gasteiger partial charge in [0.1, 0.15) is 6.04 Å². The molecule has 3 aromatic carbocycles. The minimum absolute atomic E-state index is 0.00716. The number of nitrogens with two attached hydrogens (primary N) is 1. The number of amides is 1. The molecule has 40 heavy (non-hydrogen) atoms. The number of anilines is 1. The number of hydrogen-bond donors (Lipinski definition) is 2. The molecule has 1 aromatic heterocycles.